The molecule has 0 fully saturated rings. The average molecular weight is 283 g/mol. The molecule has 0 bridgehead atoms. The van der Waals surface area contributed by atoms with Crippen LogP contribution >= 0.6 is 0 Å². The number of carbonyl (C=O) groups is 1. The smallest absolute Gasteiger partial charge is 0.276 e. The number of nitrogens with one attached hydrogen (secondary N) is 2. The summed E-state index contributed by atoms with van der Waals surface area (Å²) in [7, 11) is 0. The first-order chi connectivity index (χ1) is 10.2. The molecule has 1 heterocycles. The van der Waals surface area contributed by atoms with Crippen molar-refractivity contribution in [3.63, 3.8) is 0 Å². The van der Waals surface area contributed by atoms with Crippen LogP contribution < -0.4 is 15.6 Å². The highest BCUT2D eigenvalue weighted by molar-refractivity contribution is 5.78. The van der Waals surface area contributed by atoms with Crippen molar-refractivity contribution in [3.8, 4) is 11.8 Å². The Morgan fingerprint density at radius 2 is 2.05 bits per heavy atom. The number of nitrogens with zero attached hydrogens (tertiary/aromatic N) is 1. The molecule has 0 radical (unpaired) electrons. The Morgan fingerprint density at radius 1 is 1.29 bits per heavy atom. The maximum atomic E-state index is 11.6. The zero-order valence-corrected chi connectivity index (χ0v) is 11.1. The molecule has 1 aromatic carbocycles. The number of hydrogen-bond donors (Lipinski definition) is 2. The SMILES string of the molecule is C=C(NNC(=O)COc1ccc(C#N)cc1)c1ccco1. The number of rotatable bonds is 6. The van der Waals surface area contributed by atoms with Crippen molar-refractivity contribution < 1.29 is 13.9 Å². The molecular weight excluding hydrogens is 270 g/mol. The Morgan fingerprint density at radius 3 is 2.67 bits per heavy atom. The van der Waals surface area contributed by atoms with E-state index in [1.807, 2.05) is 6.07 Å². The fourth-order valence-electron chi connectivity index (χ4n) is 1.47. The summed E-state index contributed by atoms with van der Waals surface area (Å²) in [5.41, 5.74) is 6.03. The lowest BCUT2D eigenvalue weighted by Crippen LogP contribution is -2.38. The van der Waals surface area contributed by atoms with E-state index in [-0.39, 0.29) is 12.5 Å². The van der Waals surface area contributed by atoms with Gasteiger partial charge in [0, 0.05) is 0 Å². The van der Waals surface area contributed by atoms with Crippen LogP contribution in [-0.4, -0.2) is 12.5 Å². The van der Waals surface area contributed by atoms with Gasteiger partial charge >= 0.3 is 0 Å². The summed E-state index contributed by atoms with van der Waals surface area (Å²) in [6.45, 7) is 3.55. The van der Waals surface area contributed by atoms with Crippen molar-refractivity contribution in [2.45, 2.75) is 0 Å². The standard InChI is InChI=1S/C15H13N3O3/c1-11(14-3-2-8-20-14)17-18-15(19)10-21-13-6-4-12(9-16)5-7-13/h2-8,17H,1,10H2,(H,18,19). The van der Waals surface area contributed by atoms with Crippen molar-refractivity contribution >= 4 is 11.6 Å². The summed E-state index contributed by atoms with van der Waals surface area (Å²) in [6.07, 6.45) is 1.51. The molecule has 0 spiro atoms. The number of hydrogen-bond acceptors (Lipinski definition) is 5. The molecule has 6 nitrogen and oxygen atoms in total. The van der Waals surface area contributed by atoms with E-state index in [2.05, 4.69) is 17.4 Å². The van der Waals surface area contributed by atoms with Crippen LogP contribution in [0.15, 0.2) is 53.7 Å². The lowest BCUT2D eigenvalue weighted by molar-refractivity contribution is -0.123. The monoisotopic (exact) mass is 283 g/mol. The first-order valence-corrected chi connectivity index (χ1v) is 6.09. The fourth-order valence-corrected chi connectivity index (χ4v) is 1.47. The quantitative estimate of drug-likeness (QED) is 0.790. The van der Waals surface area contributed by atoms with Gasteiger partial charge < -0.3 is 9.15 Å². The summed E-state index contributed by atoms with van der Waals surface area (Å²) in [5, 5.41) is 8.67. The van der Waals surface area contributed by atoms with E-state index < -0.39 is 0 Å². The van der Waals surface area contributed by atoms with Crippen LogP contribution in [-0.2, 0) is 4.79 Å². The zero-order chi connectivity index (χ0) is 15.1. The average Bonchev–Trinajstić information content (AvgIpc) is 3.05. The molecule has 0 saturated carbocycles. The number of carbonyl (C=O) groups excluding carboxylic acids is 1. The van der Waals surface area contributed by atoms with Crippen LogP contribution in [0.3, 0.4) is 0 Å². The molecule has 6 heteroatoms. The molecule has 1 amide bonds. The molecule has 21 heavy (non-hydrogen) atoms. The van der Waals surface area contributed by atoms with Gasteiger partial charge in [0.1, 0.15) is 5.75 Å². The van der Waals surface area contributed by atoms with E-state index in [1.54, 1.807) is 36.4 Å². The van der Waals surface area contributed by atoms with Gasteiger partial charge in [-0.15, -0.1) is 0 Å². The minimum absolute atomic E-state index is 0.162. The minimum Gasteiger partial charge on any atom is -0.484 e. The highest BCUT2D eigenvalue weighted by Gasteiger charge is 2.05. The number of amides is 1. The van der Waals surface area contributed by atoms with Crippen LogP contribution in [0.5, 0.6) is 5.75 Å². The summed E-state index contributed by atoms with van der Waals surface area (Å²) in [4.78, 5) is 11.6. The van der Waals surface area contributed by atoms with Gasteiger partial charge in [-0.1, -0.05) is 6.58 Å². The van der Waals surface area contributed by atoms with Gasteiger partial charge in [0.25, 0.3) is 5.91 Å². The molecule has 2 rings (SSSR count). The molecule has 106 valence electrons. The van der Waals surface area contributed by atoms with E-state index in [0.29, 0.717) is 22.8 Å². The van der Waals surface area contributed by atoms with Gasteiger partial charge in [-0.2, -0.15) is 5.26 Å². The molecule has 1 aromatic heterocycles. The maximum Gasteiger partial charge on any atom is 0.276 e. The van der Waals surface area contributed by atoms with Gasteiger partial charge in [0.15, 0.2) is 12.4 Å². The van der Waals surface area contributed by atoms with Gasteiger partial charge in [-0.3, -0.25) is 15.6 Å². The highest BCUT2D eigenvalue weighted by Crippen LogP contribution is 2.11. The molecule has 0 unspecified atom stereocenters. The van der Waals surface area contributed by atoms with Crippen molar-refractivity contribution in [2.24, 2.45) is 0 Å². The lowest BCUT2D eigenvalue weighted by Gasteiger charge is -2.10. The second-order valence-electron chi connectivity index (χ2n) is 4.05. The van der Waals surface area contributed by atoms with Crippen LogP contribution in [0.25, 0.3) is 5.70 Å². The Kier molecular flexibility index (Phi) is 4.62. The van der Waals surface area contributed by atoms with Gasteiger partial charge in [-0.25, -0.2) is 0 Å². The van der Waals surface area contributed by atoms with Crippen LogP contribution in [0.1, 0.15) is 11.3 Å². The Bertz CT molecular complexity index is 654. The molecule has 0 atom stereocenters. The van der Waals surface area contributed by atoms with Gasteiger partial charge in [0.2, 0.25) is 0 Å². The van der Waals surface area contributed by atoms with E-state index in [4.69, 9.17) is 14.4 Å². The number of furan rings is 1. The molecule has 2 N–H and O–H groups in total. The summed E-state index contributed by atoms with van der Waals surface area (Å²) >= 11 is 0. The normalized spacial score (nSPS) is 9.48. The second-order valence-corrected chi connectivity index (χ2v) is 4.05. The summed E-state index contributed by atoms with van der Waals surface area (Å²) in [5.74, 6) is 0.671. The molecule has 0 aliphatic heterocycles. The summed E-state index contributed by atoms with van der Waals surface area (Å²) in [6, 6.07) is 11.9. The predicted molar refractivity (Wildman–Crippen MR) is 75.7 cm³/mol. The van der Waals surface area contributed by atoms with Gasteiger partial charge in [0.05, 0.1) is 23.6 Å². The Labute approximate surface area is 121 Å². The largest absolute Gasteiger partial charge is 0.484 e. The fraction of sp³-hybridized carbons (Fsp3) is 0.0667. The highest BCUT2D eigenvalue weighted by atomic mass is 16.5. The molecule has 0 aliphatic carbocycles. The van der Waals surface area contributed by atoms with Crippen molar-refractivity contribution in [3.05, 3.63) is 60.6 Å². The van der Waals surface area contributed by atoms with Crippen LogP contribution in [0.4, 0.5) is 0 Å². The number of ether oxygens (including phenoxy) is 1. The third-order valence-corrected chi connectivity index (χ3v) is 2.52. The Balaban J connectivity index is 1.74. The molecular formula is C15H13N3O3. The van der Waals surface area contributed by atoms with Crippen molar-refractivity contribution in [2.75, 3.05) is 6.61 Å². The van der Waals surface area contributed by atoms with Crippen molar-refractivity contribution in [1.82, 2.24) is 10.9 Å². The number of hydrazine groups is 1. The minimum atomic E-state index is -0.368. The maximum absolute atomic E-state index is 11.6. The molecule has 0 aliphatic rings. The molecule has 0 saturated heterocycles. The van der Waals surface area contributed by atoms with E-state index >= 15 is 0 Å². The molecule has 2 aromatic rings. The van der Waals surface area contributed by atoms with Crippen LogP contribution in [0.2, 0.25) is 0 Å². The summed E-state index contributed by atoms with van der Waals surface area (Å²) < 4.78 is 10.4. The first kappa shape index (κ1) is 14.2. The van der Waals surface area contributed by atoms with Gasteiger partial charge in [-0.05, 0) is 36.4 Å². The van der Waals surface area contributed by atoms with Crippen LogP contribution in [0, 0.1) is 11.3 Å². The number of benzene rings is 1. The van der Waals surface area contributed by atoms with E-state index in [0.717, 1.165) is 0 Å². The van der Waals surface area contributed by atoms with E-state index in [1.165, 1.54) is 6.26 Å². The topological polar surface area (TPSA) is 87.3 Å². The predicted octanol–water partition coefficient (Wildman–Crippen LogP) is 1.82. The third kappa shape index (κ3) is 4.14. The van der Waals surface area contributed by atoms with Crippen molar-refractivity contribution in [1.29, 1.82) is 5.26 Å². The zero-order valence-electron chi connectivity index (χ0n) is 11.1. The third-order valence-electron chi connectivity index (χ3n) is 2.52. The number of nitriles is 1. The lowest BCUT2D eigenvalue weighted by atomic mass is 10.2. The first-order valence-electron chi connectivity index (χ1n) is 6.09. The van der Waals surface area contributed by atoms with E-state index in [9.17, 15) is 4.79 Å². The second kappa shape index (κ2) is 6.82. The Hall–Kier alpha value is -3.20.